The Kier molecular flexibility index (Phi) is 13.6. The van der Waals surface area contributed by atoms with Crippen LogP contribution in [0.3, 0.4) is 0 Å². The highest BCUT2D eigenvalue weighted by Gasteiger charge is 2.60. The number of nitrogens with zero attached hydrogens (tertiary/aromatic N) is 8. The predicted octanol–water partition coefficient (Wildman–Crippen LogP) is 9.19. The van der Waals surface area contributed by atoms with E-state index in [4.69, 9.17) is 35.2 Å². The second kappa shape index (κ2) is 20.0. The molecule has 10 atom stereocenters. The number of fused-ring (bicyclic) bond motifs is 4. The van der Waals surface area contributed by atoms with E-state index in [1.165, 1.54) is 0 Å². The monoisotopic (exact) mass is 978 g/mol. The summed E-state index contributed by atoms with van der Waals surface area (Å²) < 4.78 is 1.79. The number of amides is 6. The van der Waals surface area contributed by atoms with E-state index in [9.17, 15) is 28.8 Å². The highest BCUT2D eigenvalue weighted by Crippen LogP contribution is 2.63. The summed E-state index contributed by atoms with van der Waals surface area (Å²) in [6, 6.07) is 29.9. The summed E-state index contributed by atoms with van der Waals surface area (Å²) in [5, 5.41) is 19.8. The molecule has 356 valence electrons. The Balaban J connectivity index is 0.000000147. The summed E-state index contributed by atoms with van der Waals surface area (Å²) in [4.78, 5) is 78.1. The summed E-state index contributed by atoms with van der Waals surface area (Å²) in [7, 11) is 0. The van der Waals surface area contributed by atoms with Gasteiger partial charge in [0.25, 0.3) is 35.4 Å². The molecule has 5 aromatic rings. The molecule has 16 nitrogen and oxygen atoms in total. The summed E-state index contributed by atoms with van der Waals surface area (Å²) in [5.74, 6) is 1.81. The third kappa shape index (κ3) is 9.27. The second-order valence-corrected chi connectivity index (χ2v) is 19.3. The summed E-state index contributed by atoms with van der Waals surface area (Å²) in [5.41, 5.74) is 11.3. The number of aromatic nitrogens is 3. The predicted molar refractivity (Wildman–Crippen MR) is 261 cm³/mol. The standard InChI is InChI=1S/C26H24ClN5O3.C16H19ClN4O.C10H5NO2/c1-2-21(28-24(33)14-7-9-15(27)10-8-14)23-19-11-16(12-20(19)23)31-13-22(29-30-31)32-25(34)17-5-3-4-6-18(17)26(32)35;1-2-14(15-12-7-11(20-21-18)8-13(12)15)19-16(22)9-3-5-10(17)6-4-9;1-2-11-9(12)7-5-3-4-6-8(7)10(11)13/h3-10,13,16,19-21,23H,2,11-12H2,1H3,(H,28,33);3-6,11-15H,2,7-8H2,1H3,(H,19,22);1,3-6H/t16?,19-,20+,21?,23?;11?,12-,13+,14?,15?;. The SMILES string of the molecule is C#CN1C(=O)c2ccccc2C1=O.CCC(NC(=O)c1ccc(Cl)cc1)C1[C@H]2CC(N=[N+]=[N-])C[C@@H]12.CCC(NC(=O)c1ccc(Cl)cc1)C1[C@H]2CC(n3cc(N4C(=O)c5ccccc5C4=O)nn3)C[C@@H]12. The molecular formula is C52H48Cl2N10O6. The molecule has 3 heterocycles. The van der Waals surface area contributed by atoms with Gasteiger partial charge in [-0.25, -0.2) is 9.58 Å². The molecule has 0 radical (unpaired) electrons. The van der Waals surface area contributed by atoms with Crippen molar-refractivity contribution < 1.29 is 28.8 Å². The molecule has 6 unspecified atom stereocenters. The highest BCUT2D eigenvalue weighted by atomic mass is 35.5. The Hall–Kier alpha value is -7.31. The molecule has 1 aromatic heterocycles. The quantitative estimate of drug-likeness (QED) is 0.0427. The van der Waals surface area contributed by atoms with Crippen molar-refractivity contribution in [3.8, 4) is 12.5 Å². The van der Waals surface area contributed by atoms with Crippen molar-refractivity contribution in [1.29, 1.82) is 0 Å². The van der Waals surface area contributed by atoms with E-state index in [-0.39, 0.29) is 53.6 Å². The maximum Gasteiger partial charge on any atom is 0.273 e. The average Bonchev–Trinajstić information content (AvgIpc) is 3.74. The molecule has 6 amide bonds. The smallest absolute Gasteiger partial charge is 0.273 e. The van der Waals surface area contributed by atoms with E-state index in [2.05, 4.69) is 44.8 Å². The summed E-state index contributed by atoms with van der Waals surface area (Å²) in [6.07, 6.45) is 12.3. The van der Waals surface area contributed by atoms with Crippen LogP contribution < -0.4 is 15.5 Å². The Morgan fingerprint density at radius 1 is 0.700 bits per heavy atom. The van der Waals surface area contributed by atoms with Gasteiger partial charge < -0.3 is 10.6 Å². The highest BCUT2D eigenvalue weighted by molar-refractivity contribution is 6.34. The fraction of sp³-hybridized carbons (Fsp3) is 0.346. The maximum atomic E-state index is 12.7. The first-order valence-electron chi connectivity index (χ1n) is 23.4. The topological polar surface area (TPSA) is 212 Å². The van der Waals surface area contributed by atoms with Crippen molar-refractivity contribution in [3.05, 3.63) is 157 Å². The van der Waals surface area contributed by atoms with Crippen LogP contribution in [-0.2, 0) is 0 Å². The lowest BCUT2D eigenvalue weighted by Gasteiger charge is -2.21. The lowest BCUT2D eigenvalue weighted by atomic mass is 9.99. The van der Waals surface area contributed by atoms with Crippen LogP contribution in [0.25, 0.3) is 10.4 Å². The maximum absolute atomic E-state index is 12.7. The van der Waals surface area contributed by atoms with E-state index in [1.807, 2.05) is 6.04 Å². The molecule has 2 N–H and O–H groups in total. The minimum absolute atomic E-state index is 0.0416. The molecule has 4 aromatic carbocycles. The molecule has 2 aliphatic heterocycles. The van der Waals surface area contributed by atoms with E-state index >= 15 is 0 Å². The zero-order valence-corrected chi connectivity index (χ0v) is 39.7. The average molecular weight is 980 g/mol. The Morgan fingerprint density at radius 3 is 1.51 bits per heavy atom. The number of hydrogen-bond acceptors (Lipinski definition) is 9. The van der Waals surface area contributed by atoms with E-state index < -0.39 is 11.8 Å². The Labute approximate surface area is 413 Å². The zero-order valence-electron chi connectivity index (χ0n) is 38.2. The Morgan fingerprint density at radius 2 is 1.11 bits per heavy atom. The van der Waals surface area contributed by atoms with Gasteiger partial charge >= 0.3 is 0 Å². The van der Waals surface area contributed by atoms with Gasteiger partial charge in [-0.05, 0) is 152 Å². The molecule has 18 heteroatoms. The molecule has 0 spiro atoms. The molecule has 4 aliphatic carbocycles. The minimum Gasteiger partial charge on any atom is -0.349 e. The molecule has 70 heavy (non-hydrogen) atoms. The van der Waals surface area contributed by atoms with Crippen LogP contribution in [0, 0.1) is 48.0 Å². The molecule has 4 saturated carbocycles. The summed E-state index contributed by atoms with van der Waals surface area (Å²) in [6.45, 7) is 4.20. The van der Waals surface area contributed by atoms with Gasteiger partial charge in [-0.3, -0.25) is 28.8 Å². The first-order valence-corrected chi connectivity index (χ1v) is 24.1. The van der Waals surface area contributed by atoms with Crippen LogP contribution in [0.1, 0.15) is 121 Å². The number of benzene rings is 4. The number of halogens is 2. The van der Waals surface area contributed by atoms with Crippen molar-refractivity contribution in [1.82, 2.24) is 30.5 Å². The van der Waals surface area contributed by atoms with Gasteiger partial charge in [-0.15, -0.1) is 5.10 Å². The van der Waals surface area contributed by atoms with E-state index in [1.54, 1.807) is 108 Å². The van der Waals surface area contributed by atoms with Crippen molar-refractivity contribution in [2.45, 2.75) is 76.5 Å². The molecule has 6 aliphatic rings. The summed E-state index contributed by atoms with van der Waals surface area (Å²) >= 11 is 11.8. The molecular weight excluding hydrogens is 932 g/mol. The number of nitrogens with one attached hydrogen (secondary N) is 2. The van der Waals surface area contributed by atoms with Crippen molar-refractivity contribution in [2.75, 3.05) is 4.90 Å². The van der Waals surface area contributed by atoms with E-state index in [0.29, 0.717) is 78.9 Å². The minimum atomic E-state index is -0.414. The van der Waals surface area contributed by atoms with Gasteiger partial charge in [-0.1, -0.05) is 78.1 Å². The lowest BCUT2D eigenvalue weighted by Crippen LogP contribution is -2.37. The van der Waals surface area contributed by atoms with Gasteiger partial charge in [0.1, 0.15) is 0 Å². The van der Waals surface area contributed by atoms with Crippen LogP contribution in [0.2, 0.25) is 10.0 Å². The lowest BCUT2D eigenvalue weighted by molar-refractivity contribution is 0.0732. The number of carbonyl (C=O) groups is 6. The largest absolute Gasteiger partial charge is 0.349 e. The van der Waals surface area contributed by atoms with Gasteiger partial charge in [-0.2, -0.15) is 4.90 Å². The van der Waals surface area contributed by atoms with E-state index in [0.717, 1.165) is 48.3 Å². The number of rotatable bonds is 11. The number of terminal acetylenes is 1. The second-order valence-electron chi connectivity index (χ2n) is 18.4. The third-order valence-corrected chi connectivity index (χ3v) is 15.2. The van der Waals surface area contributed by atoms with Gasteiger partial charge in [0.05, 0.1) is 34.5 Å². The van der Waals surface area contributed by atoms with Gasteiger partial charge in [0.2, 0.25) is 0 Å². The zero-order chi connectivity index (χ0) is 49.4. The molecule has 11 rings (SSSR count). The van der Waals surface area contributed by atoms with Crippen LogP contribution in [0.5, 0.6) is 0 Å². The fourth-order valence-corrected chi connectivity index (χ4v) is 11.5. The van der Waals surface area contributed by atoms with Crippen LogP contribution >= 0.6 is 23.2 Å². The number of carbonyl (C=O) groups excluding carboxylic acids is 6. The number of azide groups is 1. The molecule has 4 fully saturated rings. The first-order chi connectivity index (χ1) is 33.8. The van der Waals surface area contributed by atoms with Crippen molar-refractivity contribution in [3.63, 3.8) is 0 Å². The number of imide groups is 2. The van der Waals surface area contributed by atoms with Crippen LogP contribution in [-0.4, -0.2) is 73.5 Å². The van der Waals surface area contributed by atoms with Crippen LogP contribution in [0.15, 0.2) is 108 Å². The number of hydrogen-bond donors (Lipinski definition) is 2. The number of anilines is 1. The van der Waals surface area contributed by atoms with Crippen molar-refractivity contribution >= 4 is 64.5 Å². The van der Waals surface area contributed by atoms with Gasteiger partial charge in [0, 0.05) is 50.3 Å². The van der Waals surface area contributed by atoms with Crippen LogP contribution in [0.4, 0.5) is 5.82 Å². The Bertz CT molecular complexity index is 2890. The third-order valence-electron chi connectivity index (χ3n) is 14.7. The normalized spacial score (nSPS) is 24.8. The molecule has 0 saturated heterocycles. The van der Waals surface area contributed by atoms with Gasteiger partial charge in [0.15, 0.2) is 5.82 Å². The fourth-order valence-electron chi connectivity index (χ4n) is 11.2. The van der Waals surface area contributed by atoms with Crippen molar-refractivity contribution in [2.24, 2.45) is 40.6 Å². The first kappa shape index (κ1) is 47.7. The molecule has 0 bridgehead atoms.